The van der Waals surface area contributed by atoms with E-state index in [1.165, 1.54) is 34.4 Å². The van der Waals surface area contributed by atoms with Gasteiger partial charge in [0.25, 0.3) is 0 Å². The zero-order valence-electron chi connectivity index (χ0n) is 13.3. The number of thioether (sulfide) groups is 1. The number of para-hydroxylation sites is 1. The van der Waals surface area contributed by atoms with Crippen LogP contribution in [0.4, 0.5) is 5.69 Å². The highest BCUT2D eigenvalue weighted by atomic mass is 32.2. The summed E-state index contributed by atoms with van der Waals surface area (Å²) in [5, 5.41) is 4.40. The van der Waals surface area contributed by atoms with Gasteiger partial charge in [-0.1, -0.05) is 36.0 Å². The Hall–Kier alpha value is -2.15. The molecule has 0 aliphatic carbocycles. The van der Waals surface area contributed by atoms with Crippen LogP contribution in [0.25, 0.3) is 0 Å². The van der Waals surface area contributed by atoms with Crippen LogP contribution in [-0.2, 0) is 0 Å². The van der Waals surface area contributed by atoms with E-state index in [-0.39, 0.29) is 17.1 Å². The molecule has 25 heavy (non-hydrogen) atoms. The number of ketones is 2. The topological polar surface area (TPSA) is 37.4 Å². The molecule has 0 unspecified atom stereocenters. The minimum absolute atomic E-state index is 0.212. The molecule has 1 aliphatic rings. The van der Waals surface area contributed by atoms with Crippen LogP contribution in [0.2, 0.25) is 0 Å². The summed E-state index contributed by atoms with van der Waals surface area (Å²) in [5.41, 5.74) is 1.26. The zero-order chi connectivity index (χ0) is 17.4. The minimum Gasteiger partial charge on any atom is -0.337 e. The number of nitrogens with zero attached hydrogens (tertiary/aromatic N) is 1. The van der Waals surface area contributed by atoms with Gasteiger partial charge in [-0.05, 0) is 35.0 Å². The van der Waals surface area contributed by atoms with E-state index in [0.29, 0.717) is 14.8 Å². The third kappa shape index (κ3) is 2.86. The molecule has 6 heteroatoms. The fourth-order valence-electron chi connectivity index (χ4n) is 2.68. The number of anilines is 1. The zero-order valence-corrected chi connectivity index (χ0v) is 15.7. The van der Waals surface area contributed by atoms with Crippen molar-refractivity contribution in [3.05, 3.63) is 79.6 Å². The third-order valence-corrected chi connectivity index (χ3v) is 6.87. The van der Waals surface area contributed by atoms with Gasteiger partial charge in [0.15, 0.2) is 0 Å². The SMILES string of the molecule is CN1C(=C(C(=O)c2cccs2)C(=O)c2cccs2)Sc2ccccc21. The number of rotatable bonds is 4. The number of Topliss-reactive ketones (excluding diaryl/α,β-unsaturated/α-hetero) is 2. The monoisotopic (exact) mass is 383 g/mol. The first-order valence-corrected chi connectivity index (χ1v) is 10.2. The van der Waals surface area contributed by atoms with E-state index in [4.69, 9.17) is 0 Å². The lowest BCUT2D eigenvalue weighted by atomic mass is 10.0. The molecule has 0 saturated heterocycles. The van der Waals surface area contributed by atoms with Crippen LogP contribution in [-0.4, -0.2) is 18.6 Å². The van der Waals surface area contributed by atoms with Gasteiger partial charge < -0.3 is 4.90 Å². The van der Waals surface area contributed by atoms with Gasteiger partial charge in [0, 0.05) is 11.9 Å². The van der Waals surface area contributed by atoms with Crippen LogP contribution in [0.3, 0.4) is 0 Å². The van der Waals surface area contributed by atoms with E-state index in [2.05, 4.69) is 0 Å². The third-order valence-electron chi connectivity index (χ3n) is 3.90. The van der Waals surface area contributed by atoms with Crippen LogP contribution < -0.4 is 4.90 Å². The summed E-state index contributed by atoms with van der Waals surface area (Å²) in [5.74, 6) is -0.425. The second-order valence-electron chi connectivity index (χ2n) is 5.42. The van der Waals surface area contributed by atoms with Crippen LogP contribution >= 0.6 is 34.4 Å². The summed E-state index contributed by atoms with van der Waals surface area (Å²) in [6.07, 6.45) is 0. The fourth-order valence-corrected chi connectivity index (χ4v) is 5.21. The van der Waals surface area contributed by atoms with Crippen molar-refractivity contribution in [1.82, 2.24) is 0 Å². The van der Waals surface area contributed by atoms with Crippen molar-refractivity contribution in [3.63, 3.8) is 0 Å². The molecule has 0 amide bonds. The second kappa shape index (κ2) is 6.63. The van der Waals surface area contributed by atoms with Gasteiger partial charge in [0.05, 0.1) is 20.5 Å². The van der Waals surface area contributed by atoms with Crippen molar-refractivity contribution in [2.24, 2.45) is 0 Å². The van der Waals surface area contributed by atoms with E-state index >= 15 is 0 Å². The number of thiophene rings is 2. The van der Waals surface area contributed by atoms with Crippen molar-refractivity contribution in [2.45, 2.75) is 4.90 Å². The van der Waals surface area contributed by atoms with Crippen molar-refractivity contribution in [2.75, 3.05) is 11.9 Å². The average Bonchev–Trinajstić information content (AvgIpc) is 3.37. The van der Waals surface area contributed by atoms with Gasteiger partial charge in [-0.2, -0.15) is 0 Å². The average molecular weight is 384 g/mol. The number of hydrogen-bond donors (Lipinski definition) is 0. The summed E-state index contributed by atoms with van der Waals surface area (Å²) >= 11 is 4.19. The molecule has 1 aliphatic heterocycles. The Balaban J connectivity index is 1.87. The molecule has 0 bridgehead atoms. The van der Waals surface area contributed by atoms with E-state index < -0.39 is 0 Å². The first-order chi connectivity index (χ1) is 12.2. The van der Waals surface area contributed by atoms with Crippen molar-refractivity contribution >= 4 is 51.7 Å². The molecule has 3 heterocycles. The number of hydrogen-bond acceptors (Lipinski definition) is 6. The number of carbonyl (C=O) groups excluding carboxylic acids is 2. The number of benzene rings is 1. The highest BCUT2D eigenvalue weighted by molar-refractivity contribution is 8.03. The fraction of sp³-hybridized carbons (Fsp3) is 0.0526. The van der Waals surface area contributed by atoms with Crippen LogP contribution in [0, 0.1) is 0 Å². The molecule has 1 aromatic carbocycles. The Bertz CT molecular complexity index is 924. The second-order valence-corrected chi connectivity index (χ2v) is 8.35. The van der Waals surface area contributed by atoms with E-state index in [0.717, 1.165) is 10.6 Å². The van der Waals surface area contributed by atoms with Gasteiger partial charge >= 0.3 is 0 Å². The summed E-state index contributed by atoms with van der Waals surface area (Å²) in [6, 6.07) is 15.1. The van der Waals surface area contributed by atoms with E-state index in [1.807, 2.05) is 59.1 Å². The quantitative estimate of drug-likeness (QED) is 0.264. The van der Waals surface area contributed by atoms with Gasteiger partial charge in [-0.15, -0.1) is 22.7 Å². The Kier molecular flexibility index (Phi) is 4.33. The highest BCUT2D eigenvalue weighted by Gasteiger charge is 2.33. The van der Waals surface area contributed by atoms with Crippen molar-refractivity contribution < 1.29 is 9.59 Å². The lowest BCUT2D eigenvalue weighted by Gasteiger charge is -2.16. The molecule has 0 spiro atoms. The Morgan fingerprint density at radius 1 is 0.840 bits per heavy atom. The van der Waals surface area contributed by atoms with Crippen molar-refractivity contribution in [1.29, 1.82) is 0 Å². The molecule has 3 aromatic rings. The molecule has 0 radical (unpaired) electrons. The number of carbonyl (C=O) groups is 2. The van der Waals surface area contributed by atoms with Crippen molar-refractivity contribution in [3.8, 4) is 0 Å². The lowest BCUT2D eigenvalue weighted by Crippen LogP contribution is -2.20. The molecule has 4 rings (SSSR count). The van der Waals surface area contributed by atoms with Crippen LogP contribution in [0.1, 0.15) is 19.3 Å². The first kappa shape index (κ1) is 16.3. The van der Waals surface area contributed by atoms with Crippen LogP contribution in [0.5, 0.6) is 0 Å². The number of fused-ring (bicyclic) bond motifs is 1. The van der Waals surface area contributed by atoms with Gasteiger partial charge in [-0.25, -0.2) is 0 Å². The Morgan fingerprint density at radius 2 is 1.44 bits per heavy atom. The maximum atomic E-state index is 13.1. The predicted molar refractivity (Wildman–Crippen MR) is 105 cm³/mol. The summed E-state index contributed by atoms with van der Waals surface area (Å²) in [6.45, 7) is 0. The normalized spacial score (nSPS) is 13.0. The molecule has 0 atom stereocenters. The molecule has 0 fully saturated rings. The molecule has 0 saturated carbocycles. The van der Waals surface area contributed by atoms with E-state index in [9.17, 15) is 9.59 Å². The summed E-state index contributed by atoms with van der Waals surface area (Å²) in [7, 11) is 1.90. The Morgan fingerprint density at radius 3 is 1.96 bits per heavy atom. The maximum Gasteiger partial charge on any atom is 0.209 e. The molecular formula is C19H13NO2S3. The number of allylic oxidation sites excluding steroid dienone is 1. The predicted octanol–water partition coefficient (Wildman–Crippen LogP) is 5.33. The molecule has 0 N–H and O–H groups in total. The highest BCUT2D eigenvalue weighted by Crippen LogP contribution is 2.47. The summed E-state index contributed by atoms with van der Waals surface area (Å²) in [4.78, 5) is 30.4. The van der Waals surface area contributed by atoms with Gasteiger partial charge in [0.1, 0.15) is 5.57 Å². The molecule has 2 aromatic heterocycles. The molecule has 3 nitrogen and oxygen atoms in total. The Labute approximate surface area is 157 Å². The largest absolute Gasteiger partial charge is 0.337 e. The smallest absolute Gasteiger partial charge is 0.209 e. The van der Waals surface area contributed by atoms with Gasteiger partial charge in [-0.3, -0.25) is 9.59 Å². The minimum atomic E-state index is -0.212. The maximum absolute atomic E-state index is 13.1. The lowest BCUT2D eigenvalue weighted by molar-refractivity contribution is 0.0966. The summed E-state index contributed by atoms with van der Waals surface area (Å²) < 4.78 is 0. The van der Waals surface area contributed by atoms with E-state index in [1.54, 1.807) is 12.1 Å². The molecule has 124 valence electrons. The molecular weight excluding hydrogens is 370 g/mol. The first-order valence-electron chi connectivity index (χ1n) is 7.58. The standard InChI is InChI=1S/C19H13NO2S3/c1-20-12-6-2-3-7-13(12)25-19(20)16(17(21)14-8-4-10-23-14)18(22)15-9-5-11-24-15/h2-11H,1H3. The van der Waals surface area contributed by atoms with Crippen LogP contribution in [0.15, 0.2) is 74.8 Å². The van der Waals surface area contributed by atoms with Gasteiger partial charge in [0.2, 0.25) is 11.6 Å².